The Labute approximate surface area is 145 Å². The Morgan fingerprint density at radius 2 is 2.09 bits per heavy atom. The summed E-state index contributed by atoms with van der Waals surface area (Å²) in [4.78, 5) is 13.7. The normalized spacial score (nSPS) is 17.6. The summed E-state index contributed by atoms with van der Waals surface area (Å²) in [5.41, 5.74) is 0. The number of alkyl halides is 3. The van der Waals surface area contributed by atoms with Crippen LogP contribution in [-0.4, -0.2) is 55.7 Å². The van der Waals surface area contributed by atoms with Crippen LogP contribution in [0.3, 0.4) is 0 Å². The third kappa shape index (κ3) is 5.09. The summed E-state index contributed by atoms with van der Waals surface area (Å²) < 4.78 is 40.1. The minimum Gasteiger partial charge on any atom is -0.349 e. The Bertz CT molecular complexity index is 494. The maximum Gasteiger partial charge on any atom is 0.405 e. The van der Waals surface area contributed by atoms with Gasteiger partial charge in [-0.1, -0.05) is 0 Å². The Morgan fingerprint density at radius 1 is 1.45 bits per heavy atom. The molecule has 1 aliphatic heterocycles. The van der Waals surface area contributed by atoms with Gasteiger partial charge in [0, 0.05) is 37.2 Å². The summed E-state index contributed by atoms with van der Waals surface area (Å²) in [6.07, 6.45) is -4.36. The summed E-state index contributed by atoms with van der Waals surface area (Å²) in [6.45, 7) is 1.26. The number of hydrogen-bond donors (Lipinski definition) is 2. The second-order valence-electron chi connectivity index (χ2n) is 4.65. The Balaban J connectivity index is 0.00000242. The van der Waals surface area contributed by atoms with Crippen LogP contribution in [0.15, 0.2) is 15.9 Å². The molecule has 2 heterocycles. The van der Waals surface area contributed by atoms with E-state index in [1.807, 2.05) is 0 Å². The van der Waals surface area contributed by atoms with Crippen molar-refractivity contribution in [3.05, 3.63) is 20.8 Å². The lowest BCUT2D eigenvalue weighted by atomic mass is 10.2. The molecule has 1 aromatic rings. The van der Waals surface area contributed by atoms with Crippen molar-refractivity contribution >= 4 is 45.6 Å². The first-order chi connectivity index (χ1) is 9.89. The maximum atomic E-state index is 13.2. The smallest absolute Gasteiger partial charge is 0.349 e. The number of nitrogens with one attached hydrogen (secondary N) is 2. The molecule has 1 aromatic heterocycles. The highest BCUT2D eigenvalue weighted by Crippen LogP contribution is 2.26. The van der Waals surface area contributed by atoms with Crippen LogP contribution in [0.5, 0.6) is 0 Å². The van der Waals surface area contributed by atoms with Crippen molar-refractivity contribution in [2.24, 2.45) is 0 Å². The van der Waals surface area contributed by atoms with Crippen molar-refractivity contribution in [3.8, 4) is 0 Å². The molecule has 0 aromatic carbocycles. The zero-order valence-corrected chi connectivity index (χ0v) is 14.7. The standard InChI is InChI=1S/C12H15BrF3N3OS.ClH/c13-8-1-6-21-10(8)11(20)18-7-9(12(14,15)16)19-4-2-17-3-5-19;/h1,6,9,17H,2-5,7H2,(H,18,20);1H. The quantitative estimate of drug-likeness (QED) is 0.784. The zero-order chi connectivity index (χ0) is 15.5. The van der Waals surface area contributed by atoms with Gasteiger partial charge in [-0.05, 0) is 27.4 Å². The fourth-order valence-electron chi connectivity index (χ4n) is 2.17. The minimum absolute atomic E-state index is 0. The molecule has 1 amide bonds. The van der Waals surface area contributed by atoms with Crippen LogP contribution in [0.2, 0.25) is 0 Å². The highest BCUT2D eigenvalue weighted by Gasteiger charge is 2.43. The number of nitrogens with zero attached hydrogens (tertiary/aromatic N) is 1. The van der Waals surface area contributed by atoms with E-state index < -0.39 is 24.7 Å². The molecule has 0 spiro atoms. The van der Waals surface area contributed by atoms with Gasteiger partial charge in [0.25, 0.3) is 5.91 Å². The zero-order valence-electron chi connectivity index (χ0n) is 11.5. The van der Waals surface area contributed by atoms with E-state index in [-0.39, 0.29) is 12.4 Å². The number of rotatable bonds is 4. The van der Waals surface area contributed by atoms with Crippen molar-refractivity contribution < 1.29 is 18.0 Å². The summed E-state index contributed by atoms with van der Waals surface area (Å²) >= 11 is 4.39. The van der Waals surface area contributed by atoms with E-state index in [2.05, 4.69) is 26.6 Å². The van der Waals surface area contributed by atoms with Crippen molar-refractivity contribution in [1.82, 2.24) is 15.5 Å². The molecule has 1 fully saturated rings. The first kappa shape index (κ1) is 19.7. The average Bonchev–Trinajstić information content (AvgIpc) is 2.85. The van der Waals surface area contributed by atoms with E-state index in [0.717, 1.165) is 0 Å². The molecule has 0 aliphatic carbocycles. The van der Waals surface area contributed by atoms with Crippen molar-refractivity contribution in [2.45, 2.75) is 12.2 Å². The summed E-state index contributed by atoms with van der Waals surface area (Å²) in [6, 6.07) is 0.0409. The molecule has 1 aliphatic rings. The lowest BCUT2D eigenvalue weighted by Crippen LogP contribution is -2.57. The van der Waals surface area contributed by atoms with Gasteiger partial charge in [-0.2, -0.15) is 13.2 Å². The van der Waals surface area contributed by atoms with Crippen LogP contribution in [0, 0.1) is 0 Å². The molecule has 4 nitrogen and oxygen atoms in total. The molecule has 0 saturated carbocycles. The van der Waals surface area contributed by atoms with Gasteiger partial charge < -0.3 is 10.6 Å². The molecule has 0 radical (unpaired) electrons. The van der Waals surface area contributed by atoms with Gasteiger partial charge in [0.1, 0.15) is 10.9 Å². The lowest BCUT2D eigenvalue weighted by molar-refractivity contribution is -0.183. The highest BCUT2D eigenvalue weighted by molar-refractivity contribution is 9.10. The summed E-state index contributed by atoms with van der Waals surface area (Å²) in [5, 5.41) is 7.11. The molecule has 22 heavy (non-hydrogen) atoms. The second-order valence-corrected chi connectivity index (χ2v) is 6.42. The second kappa shape index (κ2) is 8.49. The van der Waals surface area contributed by atoms with Crippen LogP contribution >= 0.6 is 39.7 Å². The molecule has 1 atom stereocenters. The number of carbonyl (C=O) groups excluding carboxylic acids is 1. The molecule has 126 valence electrons. The third-order valence-corrected chi connectivity index (χ3v) is 5.09. The summed E-state index contributed by atoms with van der Waals surface area (Å²) in [7, 11) is 0. The van der Waals surface area contributed by atoms with Crippen LogP contribution < -0.4 is 10.6 Å². The van der Waals surface area contributed by atoms with Crippen molar-refractivity contribution in [2.75, 3.05) is 32.7 Å². The van der Waals surface area contributed by atoms with E-state index in [4.69, 9.17) is 0 Å². The van der Waals surface area contributed by atoms with Gasteiger partial charge in [0.15, 0.2) is 0 Å². The van der Waals surface area contributed by atoms with E-state index in [1.54, 1.807) is 11.4 Å². The number of piperazine rings is 1. The minimum atomic E-state index is -4.36. The monoisotopic (exact) mass is 421 g/mol. The predicted octanol–water partition coefficient (Wildman–Crippen LogP) is 2.50. The highest BCUT2D eigenvalue weighted by atomic mass is 79.9. The van der Waals surface area contributed by atoms with E-state index >= 15 is 0 Å². The van der Waals surface area contributed by atoms with Gasteiger partial charge in [0.05, 0.1) is 0 Å². The Morgan fingerprint density at radius 3 is 2.59 bits per heavy atom. The molecule has 1 saturated heterocycles. The summed E-state index contributed by atoms with van der Waals surface area (Å²) in [5.74, 6) is -0.485. The number of thiophene rings is 1. The fourth-order valence-corrected chi connectivity index (χ4v) is 3.64. The SMILES string of the molecule is Cl.O=C(NCC(N1CCNCC1)C(F)(F)F)c1sccc1Br. The molecule has 1 unspecified atom stereocenters. The van der Waals surface area contributed by atoms with Gasteiger partial charge in [-0.25, -0.2) is 0 Å². The van der Waals surface area contributed by atoms with Crippen molar-refractivity contribution in [1.29, 1.82) is 0 Å². The molecule has 10 heteroatoms. The Kier molecular flexibility index (Phi) is 7.60. The number of amides is 1. The third-order valence-electron chi connectivity index (χ3n) is 3.25. The van der Waals surface area contributed by atoms with Crippen LogP contribution in [-0.2, 0) is 0 Å². The number of carbonyl (C=O) groups is 1. The largest absolute Gasteiger partial charge is 0.405 e. The van der Waals surface area contributed by atoms with E-state index in [0.29, 0.717) is 35.5 Å². The topological polar surface area (TPSA) is 44.4 Å². The van der Waals surface area contributed by atoms with Gasteiger partial charge >= 0.3 is 6.18 Å². The molecule has 2 rings (SSSR count). The van der Waals surface area contributed by atoms with Crippen LogP contribution in [0.25, 0.3) is 0 Å². The first-order valence-electron chi connectivity index (χ1n) is 6.42. The van der Waals surface area contributed by atoms with Crippen molar-refractivity contribution in [3.63, 3.8) is 0 Å². The molecule has 2 N–H and O–H groups in total. The number of hydrogen-bond acceptors (Lipinski definition) is 4. The first-order valence-corrected chi connectivity index (χ1v) is 8.09. The molecule has 0 bridgehead atoms. The fraction of sp³-hybridized carbons (Fsp3) is 0.583. The van der Waals surface area contributed by atoms with Gasteiger partial charge in [0.2, 0.25) is 0 Å². The molecular weight excluding hydrogens is 407 g/mol. The lowest BCUT2D eigenvalue weighted by Gasteiger charge is -2.35. The Hall–Kier alpha value is -0.350. The number of halogens is 5. The average molecular weight is 423 g/mol. The molecular formula is C12H16BrClF3N3OS. The maximum absolute atomic E-state index is 13.2. The van der Waals surface area contributed by atoms with Gasteiger partial charge in [-0.3, -0.25) is 9.69 Å². The predicted molar refractivity (Wildman–Crippen MR) is 85.9 cm³/mol. The van der Waals surface area contributed by atoms with E-state index in [1.165, 1.54) is 16.2 Å². The van der Waals surface area contributed by atoms with Gasteiger partial charge in [-0.15, -0.1) is 23.7 Å². The van der Waals surface area contributed by atoms with Crippen LogP contribution in [0.1, 0.15) is 9.67 Å². The van der Waals surface area contributed by atoms with E-state index in [9.17, 15) is 18.0 Å². The van der Waals surface area contributed by atoms with Crippen LogP contribution in [0.4, 0.5) is 13.2 Å².